The average Bonchev–Trinajstić information content (AvgIpc) is 2.44. The van der Waals surface area contributed by atoms with Crippen LogP contribution in [0.2, 0.25) is 0 Å². The van der Waals surface area contributed by atoms with Crippen LogP contribution < -0.4 is 4.74 Å². The zero-order chi connectivity index (χ0) is 14.8. The predicted octanol–water partition coefficient (Wildman–Crippen LogP) is 0.975. The van der Waals surface area contributed by atoms with Crippen molar-refractivity contribution < 1.29 is 33.6 Å². The molecule has 0 unspecified atom stereocenters. The van der Waals surface area contributed by atoms with Crippen LogP contribution in [0.15, 0.2) is 36.9 Å². The molecular weight excluding hydrogens is 268 g/mol. The van der Waals surface area contributed by atoms with Crippen LogP contribution in [0, 0.1) is 0 Å². The van der Waals surface area contributed by atoms with Crippen molar-refractivity contribution in [2.75, 3.05) is 20.2 Å². The number of carbonyl (C=O) groups is 2. The largest absolute Gasteiger partial charge is 0.508 e. The van der Waals surface area contributed by atoms with Gasteiger partial charge in [-0.1, -0.05) is 6.58 Å². The second-order valence-electron chi connectivity index (χ2n) is 3.42. The summed E-state index contributed by atoms with van der Waals surface area (Å²) in [4.78, 5) is 21.9. The van der Waals surface area contributed by atoms with E-state index in [0.717, 1.165) is 6.08 Å². The molecule has 0 bridgehead atoms. The minimum Gasteiger partial charge on any atom is -0.508 e. The first kappa shape index (κ1) is 15.7. The highest BCUT2D eigenvalue weighted by Crippen LogP contribution is 2.15. The van der Waals surface area contributed by atoms with Gasteiger partial charge in [0.2, 0.25) is 0 Å². The van der Waals surface area contributed by atoms with Gasteiger partial charge in [0.05, 0.1) is 0 Å². The second-order valence-corrected chi connectivity index (χ2v) is 3.42. The van der Waals surface area contributed by atoms with Crippen molar-refractivity contribution in [3.8, 4) is 11.5 Å². The van der Waals surface area contributed by atoms with E-state index in [4.69, 9.17) is 19.3 Å². The van der Waals surface area contributed by atoms with Crippen LogP contribution in [0.3, 0.4) is 0 Å². The Labute approximate surface area is 115 Å². The standard InChI is InChI=1S/C13H14O7/c1-2-12(15)19-9-18-8-17-7-13(16)20-11-5-3-10(14)4-6-11/h2-6,14H,1,7-9H2. The van der Waals surface area contributed by atoms with Crippen molar-refractivity contribution in [2.24, 2.45) is 0 Å². The third kappa shape index (κ3) is 6.53. The van der Waals surface area contributed by atoms with Crippen molar-refractivity contribution in [3.05, 3.63) is 36.9 Å². The molecule has 0 amide bonds. The number of ether oxygens (including phenoxy) is 4. The van der Waals surface area contributed by atoms with Crippen LogP contribution >= 0.6 is 0 Å². The van der Waals surface area contributed by atoms with Gasteiger partial charge in [-0.15, -0.1) is 0 Å². The van der Waals surface area contributed by atoms with Gasteiger partial charge in [-0.05, 0) is 24.3 Å². The molecule has 0 aromatic heterocycles. The van der Waals surface area contributed by atoms with Gasteiger partial charge in [-0.3, -0.25) is 0 Å². The number of carbonyl (C=O) groups excluding carboxylic acids is 2. The molecule has 0 heterocycles. The molecular formula is C13H14O7. The Kier molecular flexibility index (Phi) is 6.80. The van der Waals surface area contributed by atoms with E-state index in [0.29, 0.717) is 0 Å². The van der Waals surface area contributed by atoms with E-state index < -0.39 is 11.9 Å². The second kappa shape index (κ2) is 8.68. The van der Waals surface area contributed by atoms with Gasteiger partial charge in [0.1, 0.15) is 18.1 Å². The lowest BCUT2D eigenvalue weighted by Gasteiger charge is -2.06. The molecule has 1 aromatic rings. The molecule has 1 aromatic carbocycles. The Morgan fingerprint density at radius 1 is 1.15 bits per heavy atom. The molecule has 0 spiro atoms. The lowest BCUT2D eigenvalue weighted by molar-refractivity contribution is -0.168. The topological polar surface area (TPSA) is 91.3 Å². The maximum absolute atomic E-state index is 11.3. The predicted molar refractivity (Wildman–Crippen MR) is 66.8 cm³/mol. The number of phenols is 1. The highest BCUT2D eigenvalue weighted by Gasteiger charge is 2.05. The zero-order valence-corrected chi connectivity index (χ0v) is 10.6. The number of esters is 2. The molecule has 1 N–H and O–H groups in total. The molecule has 0 aliphatic rings. The number of aromatic hydroxyl groups is 1. The lowest BCUT2D eigenvalue weighted by Crippen LogP contribution is -2.17. The summed E-state index contributed by atoms with van der Waals surface area (Å²) in [6.45, 7) is 2.36. The molecule has 1 rings (SSSR count). The fourth-order valence-corrected chi connectivity index (χ4v) is 1.05. The first-order valence-electron chi connectivity index (χ1n) is 5.56. The Morgan fingerprint density at radius 3 is 2.50 bits per heavy atom. The molecule has 0 saturated carbocycles. The van der Waals surface area contributed by atoms with Crippen molar-refractivity contribution in [1.29, 1.82) is 0 Å². The third-order valence-electron chi connectivity index (χ3n) is 1.91. The summed E-state index contributed by atoms with van der Waals surface area (Å²) in [5, 5.41) is 9.05. The van der Waals surface area contributed by atoms with Gasteiger partial charge in [-0.2, -0.15) is 0 Å². The maximum Gasteiger partial charge on any atom is 0.337 e. The molecule has 0 saturated heterocycles. The van der Waals surface area contributed by atoms with Gasteiger partial charge >= 0.3 is 11.9 Å². The smallest absolute Gasteiger partial charge is 0.337 e. The van der Waals surface area contributed by atoms with Crippen LogP contribution in [0.25, 0.3) is 0 Å². The molecule has 7 heteroatoms. The van der Waals surface area contributed by atoms with Gasteiger partial charge < -0.3 is 24.1 Å². The summed E-state index contributed by atoms with van der Waals surface area (Å²) in [5.74, 6) is -0.875. The van der Waals surface area contributed by atoms with Gasteiger partial charge in [-0.25, -0.2) is 9.59 Å². The van der Waals surface area contributed by atoms with Crippen LogP contribution in [0.4, 0.5) is 0 Å². The number of phenolic OH excluding ortho intramolecular Hbond substituents is 1. The van der Waals surface area contributed by atoms with E-state index in [2.05, 4.69) is 11.3 Å². The highest BCUT2D eigenvalue weighted by molar-refractivity contribution is 5.81. The number of rotatable bonds is 8. The molecule has 0 aliphatic carbocycles. The summed E-state index contributed by atoms with van der Waals surface area (Å²) < 4.78 is 19.0. The fraction of sp³-hybridized carbons (Fsp3) is 0.231. The zero-order valence-electron chi connectivity index (χ0n) is 10.6. The van der Waals surface area contributed by atoms with Crippen molar-refractivity contribution in [1.82, 2.24) is 0 Å². The quantitative estimate of drug-likeness (QED) is 0.250. The van der Waals surface area contributed by atoms with Crippen LogP contribution in [0.5, 0.6) is 11.5 Å². The van der Waals surface area contributed by atoms with Crippen molar-refractivity contribution in [3.63, 3.8) is 0 Å². The summed E-state index contributed by atoms with van der Waals surface area (Å²) >= 11 is 0. The Bertz CT molecular complexity index is 452. The van der Waals surface area contributed by atoms with E-state index in [1.165, 1.54) is 24.3 Å². The van der Waals surface area contributed by atoms with Crippen LogP contribution in [-0.2, 0) is 23.8 Å². The molecule has 0 fully saturated rings. The Balaban J connectivity index is 2.10. The summed E-state index contributed by atoms with van der Waals surface area (Å²) in [6, 6.07) is 5.66. The molecule has 7 nitrogen and oxygen atoms in total. The summed E-state index contributed by atoms with van der Waals surface area (Å²) in [7, 11) is 0. The fourth-order valence-electron chi connectivity index (χ4n) is 1.05. The maximum atomic E-state index is 11.3. The first-order chi connectivity index (χ1) is 9.61. The highest BCUT2D eigenvalue weighted by atomic mass is 16.7. The van der Waals surface area contributed by atoms with Crippen LogP contribution in [-0.4, -0.2) is 37.2 Å². The SMILES string of the molecule is C=CC(=O)OCOCOCC(=O)Oc1ccc(O)cc1. The minimum atomic E-state index is -0.623. The number of hydrogen-bond acceptors (Lipinski definition) is 7. The minimum absolute atomic E-state index is 0.0727. The first-order valence-corrected chi connectivity index (χ1v) is 5.56. The molecule has 20 heavy (non-hydrogen) atoms. The van der Waals surface area contributed by atoms with Crippen molar-refractivity contribution >= 4 is 11.9 Å². The van der Waals surface area contributed by atoms with Crippen LogP contribution in [0.1, 0.15) is 0 Å². The molecule has 0 atom stereocenters. The van der Waals surface area contributed by atoms with E-state index >= 15 is 0 Å². The molecule has 0 aliphatic heterocycles. The van der Waals surface area contributed by atoms with Gasteiger partial charge in [0.15, 0.2) is 13.6 Å². The molecule has 108 valence electrons. The van der Waals surface area contributed by atoms with Gasteiger partial charge in [0, 0.05) is 6.08 Å². The van der Waals surface area contributed by atoms with Gasteiger partial charge in [0.25, 0.3) is 0 Å². The van der Waals surface area contributed by atoms with E-state index in [9.17, 15) is 9.59 Å². The number of benzene rings is 1. The molecule has 0 radical (unpaired) electrons. The summed E-state index contributed by atoms with van der Waals surface area (Å²) in [5.41, 5.74) is 0. The Hall–Kier alpha value is -2.38. The lowest BCUT2D eigenvalue weighted by atomic mass is 10.3. The average molecular weight is 282 g/mol. The van der Waals surface area contributed by atoms with E-state index in [1.807, 2.05) is 0 Å². The number of hydrogen-bond donors (Lipinski definition) is 1. The Morgan fingerprint density at radius 2 is 1.85 bits per heavy atom. The van der Waals surface area contributed by atoms with E-state index in [1.54, 1.807) is 0 Å². The monoisotopic (exact) mass is 282 g/mol. The summed E-state index contributed by atoms with van der Waals surface area (Å²) in [6.07, 6.45) is 0.999. The normalized spacial score (nSPS) is 9.80. The van der Waals surface area contributed by atoms with E-state index in [-0.39, 0.29) is 31.7 Å². The van der Waals surface area contributed by atoms with Crippen molar-refractivity contribution in [2.45, 2.75) is 0 Å². The third-order valence-corrected chi connectivity index (χ3v) is 1.91.